The van der Waals surface area contributed by atoms with Crippen LogP contribution in [0, 0.1) is 0 Å². The predicted molar refractivity (Wildman–Crippen MR) is 164 cm³/mol. The van der Waals surface area contributed by atoms with E-state index in [-0.39, 0.29) is 43.1 Å². The minimum absolute atomic E-state index is 0.0815. The number of thioether (sulfide) groups is 1. The molecule has 2 aromatic carbocycles. The molecular formula is C31H33N5O4S2. The standard InChI is InChI=1S/C31H33N5O4S2/c1-2-40-30(39)28-23-15-9-10-16-24(23)42-29(28)33-27(38)20-41-31-35-34-25(36(31)19-22-13-7-4-8-14-22)18-32-26(37)17-21-11-5-3-6-12-21/h3-8,11-14H,2,9-10,15-20H2,1H3,(H,32,37)(H,33,38). The molecule has 0 saturated heterocycles. The summed E-state index contributed by atoms with van der Waals surface area (Å²) in [6.07, 6.45) is 4.09. The van der Waals surface area contributed by atoms with Gasteiger partial charge in [-0.25, -0.2) is 4.79 Å². The Hall–Kier alpha value is -3.96. The highest BCUT2D eigenvalue weighted by Gasteiger charge is 2.27. The van der Waals surface area contributed by atoms with E-state index in [9.17, 15) is 14.4 Å². The van der Waals surface area contributed by atoms with Crippen LogP contribution in [0.1, 0.15) is 57.5 Å². The van der Waals surface area contributed by atoms with Gasteiger partial charge in [0.25, 0.3) is 0 Å². The molecule has 5 rings (SSSR count). The summed E-state index contributed by atoms with van der Waals surface area (Å²) >= 11 is 2.73. The molecule has 1 aliphatic carbocycles. The van der Waals surface area contributed by atoms with Crippen molar-refractivity contribution in [3.8, 4) is 0 Å². The van der Waals surface area contributed by atoms with Gasteiger partial charge in [0.05, 0.1) is 37.4 Å². The summed E-state index contributed by atoms with van der Waals surface area (Å²) in [7, 11) is 0. The molecule has 11 heteroatoms. The molecule has 0 radical (unpaired) electrons. The predicted octanol–water partition coefficient (Wildman–Crippen LogP) is 5.03. The molecule has 9 nitrogen and oxygen atoms in total. The van der Waals surface area contributed by atoms with E-state index < -0.39 is 0 Å². The first-order chi connectivity index (χ1) is 20.5. The maximum atomic E-state index is 13.1. The maximum absolute atomic E-state index is 13.1. The monoisotopic (exact) mass is 603 g/mol. The van der Waals surface area contributed by atoms with Gasteiger partial charge in [0.2, 0.25) is 11.8 Å². The summed E-state index contributed by atoms with van der Waals surface area (Å²) in [5.74, 6) is -0.0608. The van der Waals surface area contributed by atoms with Gasteiger partial charge in [-0.05, 0) is 49.3 Å². The van der Waals surface area contributed by atoms with Gasteiger partial charge in [-0.1, -0.05) is 72.4 Å². The first kappa shape index (κ1) is 29.5. The minimum atomic E-state index is -0.388. The van der Waals surface area contributed by atoms with Crippen molar-refractivity contribution in [2.75, 3.05) is 17.7 Å². The van der Waals surface area contributed by atoms with Crippen molar-refractivity contribution in [3.05, 3.63) is 93.6 Å². The molecule has 2 aromatic heterocycles. The highest BCUT2D eigenvalue weighted by molar-refractivity contribution is 7.99. The lowest BCUT2D eigenvalue weighted by Gasteiger charge is -2.12. The van der Waals surface area contributed by atoms with Crippen LogP contribution in [-0.2, 0) is 46.7 Å². The molecule has 0 unspecified atom stereocenters. The van der Waals surface area contributed by atoms with Crippen LogP contribution in [0.25, 0.3) is 0 Å². The number of anilines is 1. The fourth-order valence-electron chi connectivity index (χ4n) is 4.87. The van der Waals surface area contributed by atoms with Gasteiger partial charge in [-0.15, -0.1) is 21.5 Å². The van der Waals surface area contributed by atoms with Crippen LogP contribution >= 0.6 is 23.1 Å². The smallest absolute Gasteiger partial charge is 0.341 e. The second-order valence-electron chi connectivity index (χ2n) is 9.88. The van der Waals surface area contributed by atoms with Gasteiger partial charge in [-0.2, -0.15) is 0 Å². The van der Waals surface area contributed by atoms with E-state index in [1.54, 1.807) is 6.92 Å². The summed E-state index contributed by atoms with van der Waals surface area (Å²) in [5, 5.41) is 15.7. The number of benzene rings is 2. The van der Waals surface area contributed by atoms with E-state index in [0.717, 1.165) is 47.3 Å². The average Bonchev–Trinajstić information content (AvgIpc) is 3.56. The van der Waals surface area contributed by atoms with Gasteiger partial charge in [0, 0.05) is 4.88 Å². The number of nitrogens with one attached hydrogen (secondary N) is 2. The van der Waals surface area contributed by atoms with Crippen LogP contribution < -0.4 is 10.6 Å². The molecule has 2 amide bonds. The molecule has 1 aliphatic rings. The molecule has 4 aromatic rings. The minimum Gasteiger partial charge on any atom is -0.462 e. The third-order valence-corrected chi connectivity index (χ3v) is 9.04. The number of hydrogen-bond donors (Lipinski definition) is 2. The highest BCUT2D eigenvalue weighted by Crippen LogP contribution is 2.38. The molecule has 2 N–H and O–H groups in total. The molecule has 218 valence electrons. The molecule has 2 heterocycles. The molecule has 0 fully saturated rings. The number of ether oxygens (including phenoxy) is 1. The second kappa shape index (κ2) is 14.3. The van der Waals surface area contributed by atoms with Crippen LogP contribution in [-0.4, -0.2) is 44.9 Å². The zero-order chi connectivity index (χ0) is 29.3. The van der Waals surface area contributed by atoms with E-state index >= 15 is 0 Å². The Bertz CT molecular complexity index is 1540. The summed E-state index contributed by atoms with van der Waals surface area (Å²) in [4.78, 5) is 39.6. The SMILES string of the molecule is CCOC(=O)c1c(NC(=O)CSc2nnc(CNC(=O)Cc3ccccc3)n2Cc2ccccc2)sc2c1CCCC2. The molecule has 0 spiro atoms. The zero-order valence-corrected chi connectivity index (χ0v) is 25.1. The average molecular weight is 604 g/mol. The number of esters is 1. The van der Waals surface area contributed by atoms with Crippen molar-refractivity contribution in [2.24, 2.45) is 0 Å². The number of thiophene rings is 1. The Morgan fingerprint density at radius 2 is 1.67 bits per heavy atom. The van der Waals surface area contributed by atoms with Gasteiger partial charge in [-0.3, -0.25) is 9.59 Å². The van der Waals surface area contributed by atoms with E-state index in [0.29, 0.717) is 28.1 Å². The number of nitrogens with zero attached hydrogens (tertiary/aromatic N) is 3. The fourth-order valence-corrected chi connectivity index (χ4v) is 6.92. The zero-order valence-electron chi connectivity index (χ0n) is 23.4. The van der Waals surface area contributed by atoms with E-state index in [1.165, 1.54) is 23.1 Å². The quantitative estimate of drug-likeness (QED) is 0.172. The summed E-state index contributed by atoms with van der Waals surface area (Å²) in [5.41, 5.74) is 3.48. The van der Waals surface area contributed by atoms with Crippen LogP contribution in [0.2, 0.25) is 0 Å². The van der Waals surface area contributed by atoms with Crippen LogP contribution in [0.5, 0.6) is 0 Å². The molecular weight excluding hydrogens is 571 g/mol. The molecule has 0 atom stereocenters. The lowest BCUT2D eigenvalue weighted by atomic mass is 9.95. The van der Waals surface area contributed by atoms with E-state index in [4.69, 9.17) is 4.74 Å². The van der Waals surface area contributed by atoms with Crippen LogP contribution in [0.15, 0.2) is 65.8 Å². The molecule has 0 bridgehead atoms. The van der Waals surface area contributed by atoms with Crippen molar-refractivity contribution in [1.82, 2.24) is 20.1 Å². The number of carbonyl (C=O) groups excluding carboxylic acids is 3. The number of amides is 2. The van der Waals surface area contributed by atoms with Crippen molar-refractivity contribution in [1.29, 1.82) is 0 Å². The normalized spacial score (nSPS) is 12.4. The third kappa shape index (κ3) is 7.46. The van der Waals surface area contributed by atoms with Gasteiger partial charge in [0.15, 0.2) is 11.0 Å². The number of aryl methyl sites for hydroxylation is 1. The number of hydrogen-bond acceptors (Lipinski definition) is 8. The van der Waals surface area contributed by atoms with Gasteiger partial charge in [0.1, 0.15) is 5.00 Å². The molecule has 0 saturated carbocycles. The summed E-state index contributed by atoms with van der Waals surface area (Å²) < 4.78 is 7.23. The number of carbonyl (C=O) groups is 3. The second-order valence-corrected chi connectivity index (χ2v) is 11.9. The first-order valence-corrected chi connectivity index (χ1v) is 15.8. The Morgan fingerprint density at radius 1 is 0.952 bits per heavy atom. The van der Waals surface area contributed by atoms with Crippen molar-refractivity contribution in [3.63, 3.8) is 0 Å². The Morgan fingerprint density at radius 3 is 2.40 bits per heavy atom. The van der Waals surface area contributed by atoms with Crippen LogP contribution in [0.4, 0.5) is 5.00 Å². The number of rotatable bonds is 12. The third-order valence-electron chi connectivity index (χ3n) is 6.86. The van der Waals surface area contributed by atoms with Crippen molar-refractivity contribution >= 4 is 45.9 Å². The summed E-state index contributed by atoms with van der Waals surface area (Å²) in [6.45, 7) is 2.76. The van der Waals surface area contributed by atoms with E-state index in [1.807, 2.05) is 65.2 Å². The van der Waals surface area contributed by atoms with Crippen molar-refractivity contribution in [2.45, 2.75) is 57.3 Å². The Labute approximate surface area is 253 Å². The first-order valence-electron chi connectivity index (χ1n) is 14.0. The number of fused-ring (bicyclic) bond motifs is 1. The Balaban J connectivity index is 1.27. The highest BCUT2D eigenvalue weighted by atomic mass is 32.2. The maximum Gasteiger partial charge on any atom is 0.341 e. The summed E-state index contributed by atoms with van der Waals surface area (Å²) in [6, 6.07) is 19.4. The largest absolute Gasteiger partial charge is 0.462 e. The lowest BCUT2D eigenvalue weighted by molar-refractivity contribution is -0.120. The van der Waals surface area contributed by atoms with Gasteiger partial charge < -0.3 is 19.9 Å². The molecule has 0 aliphatic heterocycles. The van der Waals surface area contributed by atoms with Crippen molar-refractivity contribution < 1.29 is 19.1 Å². The lowest BCUT2D eigenvalue weighted by Crippen LogP contribution is -2.26. The Kier molecular flexibility index (Phi) is 10.0. The topological polar surface area (TPSA) is 115 Å². The fraction of sp³-hybridized carbons (Fsp3) is 0.323. The van der Waals surface area contributed by atoms with Crippen LogP contribution in [0.3, 0.4) is 0 Å². The van der Waals surface area contributed by atoms with E-state index in [2.05, 4.69) is 20.8 Å². The number of aromatic nitrogens is 3. The molecule has 42 heavy (non-hydrogen) atoms. The van der Waals surface area contributed by atoms with Gasteiger partial charge >= 0.3 is 5.97 Å².